The number of ether oxygens (including phenoxy) is 1. The smallest absolute Gasteiger partial charge is 0.258 e. The molecule has 20 heavy (non-hydrogen) atoms. The molecule has 0 aliphatic heterocycles. The van der Waals surface area contributed by atoms with Crippen molar-refractivity contribution in [3.63, 3.8) is 0 Å². The first-order valence-electron chi connectivity index (χ1n) is 7.01. The highest BCUT2D eigenvalue weighted by Crippen LogP contribution is 2.44. The average molecular weight is 314 g/mol. The Morgan fingerprint density at radius 3 is 2.50 bits per heavy atom. The number of rotatable bonds is 6. The van der Waals surface area contributed by atoms with Crippen LogP contribution in [0.15, 0.2) is 18.2 Å². The molecular weight excluding hydrogens is 297 g/mol. The fourth-order valence-electron chi connectivity index (χ4n) is 2.50. The van der Waals surface area contributed by atoms with E-state index in [1.54, 1.807) is 18.2 Å². The molecule has 1 aromatic carbocycles. The Morgan fingerprint density at radius 2 is 1.90 bits per heavy atom. The molecule has 0 spiro atoms. The number of benzene rings is 1. The standard InChI is InChI=1S/C15H17Cl2NO2/c16-11-2-1-3-12(14(11)17)20-8-13(19)18-15(9-4-5-9)10-6-7-10/h1-3,9-10,15H,4-8H2,(H,18,19). The molecular formula is C15H17Cl2NO2. The molecule has 0 saturated heterocycles. The second-order valence-electron chi connectivity index (χ2n) is 5.61. The van der Waals surface area contributed by atoms with Gasteiger partial charge in [0.1, 0.15) is 10.8 Å². The Kier molecular flexibility index (Phi) is 4.08. The van der Waals surface area contributed by atoms with Crippen molar-refractivity contribution < 1.29 is 9.53 Å². The van der Waals surface area contributed by atoms with Crippen molar-refractivity contribution in [1.82, 2.24) is 5.32 Å². The second-order valence-corrected chi connectivity index (χ2v) is 6.39. The lowest BCUT2D eigenvalue weighted by Gasteiger charge is -2.18. The van der Waals surface area contributed by atoms with Crippen molar-refractivity contribution in [2.45, 2.75) is 31.7 Å². The summed E-state index contributed by atoms with van der Waals surface area (Å²) in [6.07, 6.45) is 4.95. The van der Waals surface area contributed by atoms with Crippen LogP contribution in [0.1, 0.15) is 25.7 Å². The van der Waals surface area contributed by atoms with E-state index in [9.17, 15) is 4.79 Å². The van der Waals surface area contributed by atoms with Gasteiger partial charge in [0, 0.05) is 6.04 Å². The van der Waals surface area contributed by atoms with Crippen LogP contribution < -0.4 is 10.1 Å². The van der Waals surface area contributed by atoms with E-state index < -0.39 is 0 Å². The molecule has 1 amide bonds. The molecule has 1 aromatic rings. The molecule has 1 N–H and O–H groups in total. The summed E-state index contributed by atoms with van der Waals surface area (Å²) in [5, 5.41) is 3.88. The summed E-state index contributed by atoms with van der Waals surface area (Å²) in [4.78, 5) is 12.0. The molecule has 0 radical (unpaired) electrons. The van der Waals surface area contributed by atoms with Crippen molar-refractivity contribution in [3.8, 4) is 5.75 Å². The van der Waals surface area contributed by atoms with Gasteiger partial charge in [0.15, 0.2) is 6.61 Å². The van der Waals surface area contributed by atoms with Crippen molar-refractivity contribution in [2.24, 2.45) is 11.8 Å². The van der Waals surface area contributed by atoms with E-state index in [1.807, 2.05) is 0 Å². The Hall–Kier alpha value is -0.930. The summed E-state index contributed by atoms with van der Waals surface area (Å²) in [7, 11) is 0. The van der Waals surface area contributed by atoms with Gasteiger partial charge in [-0.05, 0) is 49.7 Å². The Balaban J connectivity index is 1.52. The molecule has 3 nitrogen and oxygen atoms in total. The first-order valence-corrected chi connectivity index (χ1v) is 7.77. The monoisotopic (exact) mass is 313 g/mol. The van der Waals surface area contributed by atoms with Gasteiger partial charge in [0.05, 0.1) is 5.02 Å². The van der Waals surface area contributed by atoms with Gasteiger partial charge in [-0.25, -0.2) is 0 Å². The summed E-state index contributed by atoms with van der Waals surface area (Å²) in [5.74, 6) is 1.73. The van der Waals surface area contributed by atoms with Gasteiger partial charge in [-0.2, -0.15) is 0 Å². The van der Waals surface area contributed by atoms with E-state index in [0.717, 1.165) is 0 Å². The second kappa shape index (κ2) is 5.82. The minimum Gasteiger partial charge on any atom is -0.482 e. The maximum absolute atomic E-state index is 12.0. The van der Waals surface area contributed by atoms with E-state index in [0.29, 0.717) is 33.7 Å². The molecule has 0 bridgehead atoms. The number of carbonyl (C=O) groups is 1. The molecule has 0 heterocycles. The van der Waals surface area contributed by atoms with Gasteiger partial charge >= 0.3 is 0 Å². The van der Waals surface area contributed by atoms with Crippen molar-refractivity contribution in [1.29, 1.82) is 0 Å². The van der Waals surface area contributed by atoms with Crippen LogP contribution in [-0.2, 0) is 4.79 Å². The fourth-order valence-corrected chi connectivity index (χ4v) is 2.84. The summed E-state index contributed by atoms with van der Waals surface area (Å²) < 4.78 is 5.45. The van der Waals surface area contributed by atoms with Crippen molar-refractivity contribution in [3.05, 3.63) is 28.2 Å². The lowest BCUT2D eigenvalue weighted by atomic mass is 10.1. The van der Waals surface area contributed by atoms with E-state index in [4.69, 9.17) is 27.9 Å². The van der Waals surface area contributed by atoms with Crippen LogP contribution in [0.3, 0.4) is 0 Å². The number of halogens is 2. The molecule has 3 rings (SSSR count). The highest BCUT2D eigenvalue weighted by atomic mass is 35.5. The van der Waals surface area contributed by atoms with E-state index >= 15 is 0 Å². The van der Waals surface area contributed by atoms with Crippen LogP contribution in [0.25, 0.3) is 0 Å². The van der Waals surface area contributed by atoms with Crippen LogP contribution in [0.5, 0.6) is 5.75 Å². The lowest BCUT2D eigenvalue weighted by Crippen LogP contribution is -2.40. The summed E-state index contributed by atoms with van der Waals surface area (Å²) >= 11 is 11.9. The molecule has 2 aliphatic rings. The first-order chi connectivity index (χ1) is 9.65. The average Bonchev–Trinajstić information content (AvgIpc) is 3.28. The third-order valence-corrected chi connectivity index (χ3v) is 4.66. The Morgan fingerprint density at radius 1 is 1.25 bits per heavy atom. The predicted molar refractivity (Wildman–Crippen MR) is 79.3 cm³/mol. The van der Waals surface area contributed by atoms with Gasteiger partial charge in [-0.3, -0.25) is 4.79 Å². The maximum atomic E-state index is 12.0. The lowest BCUT2D eigenvalue weighted by molar-refractivity contribution is -0.124. The van der Waals surface area contributed by atoms with Gasteiger partial charge in [-0.15, -0.1) is 0 Å². The Labute approximate surface area is 128 Å². The van der Waals surface area contributed by atoms with Crippen LogP contribution >= 0.6 is 23.2 Å². The number of hydrogen-bond acceptors (Lipinski definition) is 2. The summed E-state index contributed by atoms with van der Waals surface area (Å²) in [6, 6.07) is 5.49. The van der Waals surface area contributed by atoms with Gasteiger partial charge in [0.2, 0.25) is 0 Å². The highest BCUT2D eigenvalue weighted by molar-refractivity contribution is 6.42. The van der Waals surface area contributed by atoms with Crippen LogP contribution in [0, 0.1) is 11.8 Å². The number of amides is 1. The SMILES string of the molecule is O=C(COc1cccc(Cl)c1Cl)NC(C1CC1)C1CC1. The zero-order chi connectivity index (χ0) is 14.1. The van der Waals surface area contributed by atoms with Crippen LogP contribution in [0.4, 0.5) is 0 Å². The molecule has 2 saturated carbocycles. The maximum Gasteiger partial charge on any atom is 0.258 e. The quantitative estimate of drug-likeness (QED) is 0.870. The van der Waals surface area contributed by atoms with Crippen molar-refractivity contribution in [2.75, 3.05) is 6.61 Å². The highest BCUT2D eigenvalue weighted by Gasteiger charge is 2.42. The summed E-state index contributed by atoms with van der Waals surface area (Å²) in [5.41, 5.74) is 0. The normalized spacial score (nSPS) is 18.1. The van der Waals surface area contributed by atoms with E-state index in [2.05, 4.69) is 5.32 Å². The largest absolute Gasteiger partial charge is 0.482 e. The molecule has 108 valence electrons. The minimum absolute atomic E-state index is 0.0179. The van der Waals surface area contributed by atoms with Crippen molar-refractivity contribution >= 4 is 29.1 Å². The van der Waals surface area contributed by atoms with E-state index in [-0.39, 0.29) is 12.5 Å². The zero-order valence-electron chi connectivity index (χ0n) is 11.1. The summed E-state index contributed by atoms with van der Waals surface area (Å²) in [6.45, 7) is -0.0179. The van der Waals surface area contributed by atoms with E-state index in [1.165, 1.54) is 25.7 Å². The van der Waals surface area contributed by atoms with Crippen LogP contribution in [0.2, 0.25) is 10.0 Å². The number of nitrogens with one attached hydrogen (secondary N) is 1. The van der Waals surface area contributed by atoms with Gasteiger partial charge in [-0.1, -0.05) is 29.3 Å². The third-order valence-electron chi connectivity index (χ3n) is 3.86. The topological polar surface area (TPSA) is 38.3 Å². The Bertz CT molecular complexity index is 501. The molecule has 2 fully saturated rings. The third kappa shape index (κ3) is 3.39. The molecule has 5 heteroatoms. The molecule has 0 atom stereocenters. The zero-order valence-corrected chi connectivity index (χ0v) is 12.6. The van der Waals surface area contributed by atoms with Crippen LogP contribution in [-0.4, -0.2) is 18.6 Å². The predicted octanol–water partition coefficient (Wildman–Crippen LogP) is 3.68. The van der Waals surface area contributed by atoms with Gasteiger partial charge in [0.25, 0.3) is 5.91 Å². The molecule has 0 aromatic heterocycles. The minimum atomic E-state index is -0.0788. The van der Waals surface area contributed by atoms with Gasteiger partial charge < -0.3 is 10.1 Å². The number of hydrogen-bond donors (Lipinski definition) is 1. The molecule has 0 unspecified atom stereocenters. The first kappa shape index (κ1) is 14.0. The fraction of sp³-hybridized carbons (Fsp3) is 0.533. The molecule has 2 aliphatic carbocycles. The number of carbonyl (C=O) groups excluding carboxylic acids is 1.